The first-order chi connectivity index (χ1) is 13.2. The predicted molar refractivity (Wildman–Crippen MR) is 101 cm³/mol. The van der Waals surface area contributed by atoms with Crippen molar-refractivity contribution in [2.24, 2.45) is 0 Å². The highest BCUT2D eigenvalue weighted by molar-refractivity contribution is 7.90. The topological polar surface area (TPSA) is 108 Å². The molecule has 1 amide bonds. The number of esters is 1. The SMILES string of the molecule is COc1ccc(CNC(=O)COC(=O)c2ccc(S(C)(=O)=O)cc2)cc1OC. The van der Waals surface area contributed by atoms with E-state index in [1.807, 2.05) is 0 Å². The van der Waals surface area contributed by atoms with Crippen LogP contribution in [0.15, 0.2) is 47.4 Å². The Kier molecular flexibility index (Phi) is 7.00. The molecule has 0 spiro atoms. The van der Waals surface area contributed by atoms with Crippen LogP contribution in [0.1, 0.15) is 15.9 Å². The zero-order valence-corrected chi connectivity index (χ0v) is 16.5. The number of hydrogen-bond donors (Lipinski definition) is 1. The van der Waals surface area contributed by atoms with Gasteiger partial charge in [0, 0.05) is 12.8 Å². The monoisotopic (exact) mass is 407 g/mol. The van der Waals surface area contributed by atoms with Crippen molar-refractivity contribution in [3.63, 3.8) is 0 Å². The highest BCUT2D eigenvalue weighted by Crippen LogP contribution is 2.27. The van der Waals surface area contributed by atoms with Gasteiger partial charge in [0.25, 0.3) is 5.91 Å². The van der Waals surface area contributed by atoms with Crippen LogP contribution in [0.3, 0.4) is 0 Å². The molecule has 2 rings (SSSR count). The van der Waals surface area contributed by atoms with Crippen LogP contribution in [0.2, 0.25) is 0 Å². The van der Waals surface area contributed by atoms with E-state index in [2.05, 4.69) is 5.32 Å². The van der Waals surface area contributed by atoms with E-state index < -0.39 is 28.3 Å². The normalized spacial score (nSPS) is 10.8. The van der Waals surface area contributed by atoms with Gasteiger partial charge < -0.3 is 19.5 Å². The smallest absolute Gasteiger partial charge is 0.338 e. The van der Waals surface area contributed by atoms with E-state index >= 15 is 0 Å². The van der Waals surface area contributed by atoms with Gasteiger partial charge in [0.2, 0.25) is 0 Å². The molecule has 8 nitrogen and oxygen atoms in total. The van der Waals surface area contributed by atoms with Crippen LogP contribution in [0.25, 0.3) is 0 Å². The van der Waals surface area contributed by atoms with Crippen LogP contribution >= 0.6 is 0 Å². The minimum atomic E-state index is -3.35. The summed E-state index contributed by atoms with van der Waals surface area (Å²) < 4.78 is 38.1. The van der Waals surface area contributed by atoms with E-state index in [0.29, 0.717) is 11.5 Å². The Labute approximate surface area is 163 Å². The van der Waals surface area contributed by atoms with Crippen molar-refractivity contribution in [3.8, 4) is 11.5 Å². The second kappa shape index (κ2) is 9.23. The average molecular weight is 407 g/mol. The predicted octanol–water partition coefficient (Wildman–Crippen LogP) is 1.58. The van der Waals surface area contributed by atoms with Crippen LogP contribution in [-0.4, -0.2) is 47.4 Å². The summed E-state index contributed by atoms with van der Waals surface area (Å²) in [5, 5.41) is 2.63. The first kappa shape index (κ1) is 21.2. The maximum Gasteiger partial charge on any atom is 0.338 e. The van der Waals surface area contributed by atoms with Gasteiger partial charge in [-0.15, -0.1) is 0 Å². The van der Waals surface area contributed by atoms with E-state index in [1.165, 1.54) is 38.5 Å². The summed E-state index contributed by atoms with van der Waals surface area (Å²) in [5.41, 5.74) is 0.939. The Hall–Kier alpha value is -3.07. The van der Waals surface area contributed by atoms with Gasteiger partial charge in [0.15, 0.2) is 27.9 Å². The van der Waals surface area contributed by atoms with Crippen LogP contribution in [-0.2, 0) is 25.9 Å². The lowest BCUT2D eigenvalue weighted by Crippen LogP contribution is -2.28. The highest BCUT2D eigenvalue weighted by atomic mass is 32.2. The fraction of sp³-hybridized carbons (Fsp3) is 0.263. The molecule has 150 valence electrons. The van der Waals surface area contributed by atoms with Gasteiger partial charge in [-0.25, -0.2) is 13.2 Å². The average Bonchev–Trinajstić information content (AvgIpc) is 2.69. The number of sulfone groups is 1. The molecule has 0 aromatic heterocycles. The third kappa shape index (κ3) is 5.71. The molecule has 0 saturated heterocycles. The van der Waals surface area contributed by atoms with Crippen molar-refractivity contribution in [3.05, 3.63) is 53.6 Å². The Bertz CT molecular complexity index is 953. The standard InChI is InChI=1S/C19H21NO7S/c1-25-16-9-4-13(10-17(16)26-2)11-20-18(21)12-27-19(22)14-5-7-15(8-6-14)28(3,23)24/h4-10H,11-12H2,1-3H3,(H,20,21). The number of nitrogens with one attached hydrogen (secondary N) is 1. The molecule has 1 N–H and O–H groups in total. The van der Waals surface area contributed by atoms with Gasteiger partial charge in [-0.3, -0.25) is 4.79 Å². The molecule has 2 aromatic carbocycles. The largest absolute Gasteiger partial charge is 0.493 e. The molecule has 2 aromatic rings. The summed E-state index contributed by atoms with van der Waals surface area (Å²) in [4.78, 5) is 23.9. The third-order valence-electron chi connectivity index (χ3n) is 3.79. The molecular formula is C19H21NO7S. The van der Waals surface area contributed by atoms with E-state index in [0.717, 1.165) is 11.8 Å². The zero-order chi connectivity index (χ0) is 20.7. The lowest BCUT2D eigenvalue weighted by molar-refractivity contribution is -0.124. The number of methoxy groups -OCH3 is 2. The number of rotatable bonds is 8. The van der Waals surface area contributed by atoms with Crippen LogP contribution in [0.4, 0.5) is 0 Å². The van der Waals surface area contributed by atoms with Crippen molar-refractivity contribution in [1.29, 1.82) is 0 Å². The first-order valence-electron chi connectivity index (χ1n) is 8.19. The molecule has 0 saturated carbocycles. The van der Waals surface area contributed by atoms with Gasteiger partial charge >= 0.3 is 5.97 Å². The quantitative estimate of drug-likeness (QED) is 0.662. The molecule has 0 unspecified atom stereocenters. The number of ether oxygens (including phenoxy) is 3. The summed E-state index contributed by atoms with van der Waals surface area (Å²) in [5.74, 6) is -0.0798. The van der Waals surface area contributed by atoms with E-state index in [9.17, 15) is 18.0 Å². The van der Waals surface area contributed by atoms with Crippen LogP contribution in [0, 0.1) is 0 Å². The number of carbonyl (C=O) groups is 2. The molecule has 9 heteroatoms. The first-order valence-corrected chi connectivity index (χ1v) is 10.1. The van der Waals surface area contributed by atoms with Gasteiger partial charge in [-0.2, -0.15) is 0 Å². The lowest BCUT2D eigenvalue weighted by atomic mass is 10.2. The molecule has 0 aliphatic heterocycles. The fourth-order valence-electron chi connectivity index (χ4n) is 2.29. The third-order valence-corrected chi connectivity index (χ3v) is 4.92. The van der Waals surface area contributed by atoms with Gasteiger partial charge in [-0.05, 0) is 42.0 Å². The molecule has 28 heavy (non-hydrogen) atoms. The molecule has 0 aliphatic rings. The Morgan fingerprint density at radius 2 is 1.61 bits per heavy atom. The molecule has 0 heterocycles. The second-order valence-corrected chi connectivity index (χ2v) is 7.85. The lowest BCUT2D eigenvalue weighted by Gasteiger charge is -2.10. The second-order valence-electron chi connectivity index (χ2n) is 5.84. The molecule has 0 radical (unpaired) electrons. The van der Waals surface area contributed by atoms with Gasteiger partial charge in [-0.1, -0.05) is 6.07 Å². The van der Waals surface area contributed by atoms with Crippen LogP contribution < -0.4 is 14.8 Å². The van der Waals surface area contributed by atoms with E-state index in [-0.39, 0.29) is 17.0 Å². The van der Waals surface area contributed by atoms with E-state index in [4.69, 9.17) is 14.2 Å². The summed E-state index contributed by atoms with van der Waals surface area (Å²) in [6.45, 7) is -0.236. The minimum Gasteiger partial charge on any atom is -0.493 e. The van der Waals surface area contributed by atoms with Crippen molar-refractivity contribution in [2.45, 2.75) is 11.4 Å². The summed E-state index contributed by atoms with van der Waals surface area (Å²) >= 11 is 0. The Morgan fingerprint density at radius 1 is 0.964 bits per heavy atom. The Balaban J connectivity index is 1.86. The van der Waals surface area contributed by atoms with Crippen molar-refractivity contribution < 1.29 is 32.2 Å². The number of benzene rings is 2. The maximum absolute atomic E-state index is 12.0. The van der Waals surface area contributed by atoms with Crippen molar-refractivity contribution in [1.82, 2.24) is 5.32 Å². The molecule has 0 fully saturated rings. The molecule has 0 atom stereocenters. The summed E-state index contributed by atoms with van der Waals surface area (Å²) in [6, 6.07) is 10.5. The summed E-state index contributed by atoms with van der Waals surface area (Å²) in [6.07, 6.45) is 1.07. The van der Waals surface area contributed by atoms with E-state index in [1.54, 1.807) is 18.2 Å². The molecule has 0 bridgehead atoms. The fourth-order valence-corrected chi connectivity index (χ4v) is 2.93. The van der Waals surface area contributed by atoms with Crippen molar-refractivity contribution >= 4 is 21.7 Å². The number of hydrogen-bond acceptors (Lipinski definition) is 7. The minimum absolute atomic E-state index is 0.0942. The number of carbonyl (C=O) groups excluding carboxylic acids is 2. The maximum atomic E-state index is 12.0. The molecular weight excluding hydrogens is 386 g/mol. The highest BCUT2D eigenvalue weighted by Gasteiger charge is 2.13. The zero-order valence-electron chi connectivity index (χ0n) is 15.7. The Morgan fingerprint density at radius 3 is 2.18 bits per heavy atom. The van der Waals surface area contributed by atoms with Gasteiger partial charge in [0.1, 0.15) is 0 Å². The van der Waals surface area contributed by atoms with Crippen molar-refractivity contribution in [2.75, 3.05) is 27.1 Å². The number of amides is 1. The van der Waals surface area contributed by atoms with Crippen LogP contribution in [0.5, 0.6) is 11.5 Å². The van der Waals surface area contributed by atoms with Gasteiger partial charge in [0.05, 0.1) is 24.7 Å². The summed E-state index contributed by atoms with van der Waals surface area (Å²) in [7, 11) is -0.301. The molecule has 0 aliphatic carbocycles.